The summed E-state index contributed by atoms with van der Waals surface area (Å²) in [6, 6.07) is 11.3. The summed E-state index contributed by atoms with van der Waals surface area (Å²) in [4.78, 5) is 18.1. The van der Waals surface area contributed by atoms with Crippen molar-refractivity contribution in [1.29, 1.82) is 5.26 Å². The van der Waals surface area contributed by atoms with Gasteiger partial charge in [0.05, 0.1) is 34.9 Å². The number of hydrogen-bond donors (Lipinski definition) is 2. The van der Waals surface area contributed by atoms with Crippen molar-refractivity contribution >= 4 is 48.9 Å². The van der Waals surface area contributed by atoms with Gasteiger partial charge in [-0.2, -0.15) is 5.26 Å². The standard InChI is InChI=1S/C17H16N4O2S2/c1-10(7-8-18)19-15(22)13-9-14-16(24-13)21-17(25-14)20-11-5-3-4-6-12(11)23-2/h3-6,9-10H,7H2,1-2H3,(H,19,22)(H,20,21). The normalized spacial score (nSPS) is 11.7. The van der Waals surface area contributed by atoms with E-state index in [1.54, 1.807) is 7.11 Å². The Morgan fingerprint density at radius 2 is 2.20 bits per heavy atom. The number of anilines is 2. The molecule has 1 unspecified atom stereocenters. The molecule has 3 rings (SSSR count). The highest BCUT2D eigenvalue weighted by Crippen LogP contribution is 2.35. The van der Waals surface area contributed by atoms with E-state index in [1.165, 1.54) is 22.7 Å². The highest BCUT2D eigenvalue weighted by molar-refractivity contribution is 7.29. The Balaban J connectivity index is 1.76. The van der Waals surface area contributed by atoms with Gasteiger partial charge in [0.25, 0.3) is 5.91 Å². The zero-order valence-electron chi connectivity index (χ0n) is 13.7. The number of hydrogen-bond acceptors (Lipinski definition) is 7. The third-order valence-electron chi connectivity index (χ3n) is 3.44. The predicted molar refractivity (Wildman–Crippen MR) is 101 cm³/mol. The van der Waals surface area contributed by atoms with E-state index in [2.05, 4.69) is 15.6 Å². The van der Waals surface area contributed by atoms with Crippen LogP contribution in [0.4, 0.5) is 10.8 Å². The number of amides is 1. The van der Waals surface area contributed by atoms with Crippen molar-refractivity contribution in [3.8, 4) is 11.8 Å². The number of para-hydroxylation sites is 2. The Bertz CT molecular complexity index is 910. The second-order valence-corrected chi connectivity index (χ2v) is 7.42. The number of aromatic nitrogens is 1. The van der Waals surface area contributed by atoms with Crippen LogP contribution < -0.4 is 15.4 Å². The van der Waals surface area contributed by atoms with Crippen LogP contribution in [0.25, 0.3) is 9.53 Å². The summed E-state index contributed by atoms with van der Waals surface area (Å²) in [5.74, 6) is 0.574. The Labute approximate surface area is 153 Å². The largest absolute Gasteiger partial charge is 0.495 e. The van der Waals surface area contributed by atoms with E-state index in [4.69, 9.17) is 10.00 Å². The molecule has 0 spiro atoms. The van der Waals surface area contributed by atoms with Crippen molar-refractivity contribution in [3.05, 3.63) is 35.2 Å². The molecule has 0 fully saturated rings. The van der Waals surface area contributed by atoms with Crippen LogP contribution in [0, 0.1) is 11.3 Å². The topological polar surface area (TPSA) is 87.0 Å². The number of methoxy groups -OCH3 is 1. The number of ether oxygens (including phenoxy) is 1. The fourth-order valence-corrected chi connectivity index (χ4v) is 4.28. The number of nitriles is 1. The molecule has 0 bridgehead atoms. The zero-order valence-corrected chi connectivity index (χ0v) is 15.3. The van der Waals surface area contributed by atoms with Gasteiger partial charge in [0, 0.05) is 6.04 Å². The molecule has 128 valence electrons. The lowest BCUT2D eigenvalue weighted by Gasteiger charge is -2.08. The minimum absolute atomic E-state index is 0.169. The van der Waals surface area contributed by atoms with Gasteiger partial charge in [-0.05, 0) is 25.1 Å². The average Bonchev–Trinajstić information content (AvgIpc) is 3.14. The van der Waals surface area contributed by atoms with Crippen molar-refractivity contribution in [2.45, 2.75) is 19.4 Å². The number of carbonyl (C=O) groups is 1. The predicted octanol–water partition coefficient (Wildman–Crippen LogP) is 4.14. The summed E-state index contributed by atoms with van der Waals surface area (Å²) in [6.07, 6.45) is 0.288. The first-order chi connectivity index (χ1) is 12.1. The minimum atomic E-state index is -0.173. The first-order valence-corrected chi connectivity index (χ1v) is 9.22. The maximum Gasteiger partial charge on any atom is 0.261 e. The average molecular weight is 372 g/mol. The molecule has 0 aliphatic heterocycles. The number of thiazole rings is 1. The SMILES string of the molecule is COc1ccccc1Nc1nc2sc(C(=O)NC(C)CC#N)cc2s1. The van der Waals surface area contributed by atoms with Crippen molar-refractivity contribution in [2.24, 2.45) is 0 Å². The quantitative estimate of drug-likeness (QED) is 0.679. The van der Waals surface area contributed by atoms with E-state index in [1.807, 2.05) is 43.3 Å². The monoisotopic (exact) mass is 372 g/mol. The molecule has 6 nitrogen and oxygen atoms in total. The van der Waals surface area contributed by atoms with E-state index in [0.717, 1.165) is 26.1 Å². The van der Waals surface area contributed by atoms with E-state index in [0.29, 0.717) is 4.88 Å². The van der Waals surface area contributed by atoms with Crippen molar-refractivity contribution < 1.29 is 9.53 Å². The number of carbonyl (C=O) groups excluding carboxylic acids is 1. The second-order valence-electron chi connectivity index (χ2n) is 5.36. The molecule has 25 heavy (non-hydrogen) atoms. The molecule has 1 aromatic carbocycles. The third-order valence-corrected chi connectivity index (χ3v) is 5.51. The highest BCUT2D eigenvalue weighted by atomic mass is 32.1. The van der Waals surface area contributed by atoms with E-state index < -0.39 is 0 Å². The molecule has 1 amide bonds. The summed E-state index contributed by atoms with van der Waals surface area (Å²) in [5.41, 5.74) is 0.842. The van der Waals surface area contributed by atoms with Gasteiger partial charge in [-0.15, -0.1) is 11.3 Å². The molecule has 3 aromatic rings. The maximum atomic E-state index is 12.2. The lowest BCUT2D eigenvalue weighted by atomic mass is 10.2. The molecule has 2 heterocycles. The van der Waals surface area contributed by atoms with Gasteiger partial charge in [0.1, 0.15) is 10.6 Å². The van der Waals surface area contributed by atoms with Gasteiger partial charge in [0.2, 0.25) is 0 Å². The van der Waals surface area contributed by atoms with E-state index in [-0.39, 0.29) is 18.4 Å². The van der Waals surface area contributed by atoms with Crippen molar-refractivity contribution in [1.82, 2.24) is 10.3 Å². The summed E-state index contributed by atoms with van der Waals surface area (Å²) in [5, 5.41) is 15.5. The van der Waals surface area contributed by atoms with Crippen molar-refractivity contribution in [3.63, 3.8) is 0 Å². The number of benzene rings is 1. The number of thiophene rings is 1. The first kappa shape index (κ1) is 17.2. The fourth-order valence-electron chi connectivity index (χ4n) is 2.25. The summed E-state index contributed by atoms with van der Waals surface area (Å²) in [6.45, 7) is 1.81. The Hall–Kier alpha value is -2.63. The smallest absolute Gasteiger partial charge is 0.261 e. The number of fused-ring (bicyclic) bond motifs is 1. The highest BCUT2D eigenvalue weighted by Gasteiger charge is 2.16. The second kappa shape index (κ2) is 7.51. The molecule has 2 aromatic heterocycles. The van der Waals surface area contributed by atoms with Gasteiger partial charge in [-0.25, -0.2) is 4.98 Å². The van der Waals surface area contributed by atoms with Crippen LogP contribution in [0.5, 0.6) is 5.75 Å². The maximum absolute atomic E-state index is 12.2. The molecule has 0 radical (unpaired) electrons. The van der Waals surface area contributed by atoms with Gasteiger partial charge < -0.3 is 15.4 Å². The molecular weight excluding hydrogens is 356 g/mol. The van der Waals surface area contributed by atoms with Crippen LogP contribution in [-0.2, 0) is 0 Å². The van der Waals surface area contributed by atoms with Gasteiger partial charge in [-0.1, -0.05) is 23.5 Å². The summed E-state index contributed by atoms with van der Waals surface area (Å²) in [7, 11) is 1.62. The number of nitrogens with one attached hydrogen (secondary N) is 2. The van der Waals surface area contributed by atoms with Crippen LogP contribution in [-0.4, -0.2) is 24.0 Å². The Morgan fingerprint density at radius 1 is 1.40 bits per heavy atom. The van der Waals surface area contributed by atoms with Crippen LogP contribution in [0.15, 0.2) is 30.3 Å². The molecule has 0 aliphatic carbocycles. The lowest BCUT2D eigenvalue weighted by molar-refractivity contribution is 0.0945. The lowest BCUT2D eigenvalue weighted by Crippen LogP contribution is -2.31. The molecule has 2 N–H and O–H groups in total. The zero-order chi connectivity index (χ0) is 17.8. The van der Waals surface area contributed by atoms with Crippen LogP contribution in [0.1, 0.15) is 23.0 Å². The molecular formula is C17H16N4O2S2. The van der Waals surface area contributed by atoms with Gasteiger partial charge in [-0.3, -0.25) is 4.79 Å². The first-order valence-electron chi connectivity index (χ1n) is 7.59. The van der Waals surface area contributed by atoms with Crippen LogP contribution in [0.3, 0.4) is 0 Å². The van der Waals surface area contributed by atoms with Crippen LogP contribution in [0.2, 0.25) is 0 Å². The number of nitrogens with zero attached hydrogens (tertiary/aromatic N) is 2. The molecule has 0 aliphatic rings. The Morgan fingerprint density at radius 3 is 2.92 bits per heavy atom. The van der Waals surface area contributed by atoms with Gasteiger partial charge in [0.15, 0.2) is 5.13 Å². The van der Waals surface area contributed by atoms with E-state index in [9.17, 15) is 4.79 Å². The third kappa shape index (κ3) is 3.90. The number of rotatable bonds is 6. The Kier molecular flexibility index (Phi) is 5.16. The summed E-state index contributed by atoms with van der Waals surface area (Å²) < 4.78 is 6.27. The van der Waals surface area contributed by atoms with E-state index >= 15 is 0 Å². The molecule has 0 saturated carbocycles. The van der Waals surface area contributed by atoms with Crippen LogP contribution >= 0.6 is 22.7 Å². The molecule has 1 atom stereocenters. The molecule has 8 heteroatoms. The van der Waals surface area contributed by atoms with Crippen molar-refractivity contribution in [2.75, 3.05) is 12.4 Å². The molecule has 0 saturated heterocycles. The minimum Gasteiger partial charge on any atom is -0.495 e. The van der Waals surface area contributed by atoms with Gasteiger partial charge >= 0.3 is 0 Å². The summed E-state index contributed by atoms with van der Waals surface area (Å²) >= 11 is 2.82. The fraction of sp³-hybridized carbons (Fsp3) is 0.235.